The van der Waals surface area contributed by atoms with Crippen molar-refractivity contribution in [3.8, 4) is 5.75 Å². The molecule has 16 heavy (non-hydrogen) atoms. The standard InChI is InChI=1S/C12H13FN2O/c1-15-8-10-2-4-12(5-3-10)16-9-11(13)6-7-14/h2-6H,7-9,14H2/b11-6+. The predicted octanol–water partition coefficient (Wildman–Crippen LogP) is 2.30. The highest BCUT2D eigenvalue weighted by molar-refractivity contribution is 5.28. The zero-order valence-electron chi connectivity index (χ0n) is 8.82. The topological polar surface area (TPSA) is 39.6 Å². The normalized spacial score (nSPS) is 10.9. The van der Waals surface area contributed by atoms with E-state index in [4.69, 9.17) is 17.0 Å². The molecule has 0 amide bonds. The van der Waals surface area contributed by atoms with Crippen LogP contribution in [0.5, 0.6) is 5.75 Å². The van der Waals surface area contributed by atoms with Gasteiger partial charge in [-0.3, -0.25) is 0 Å². The Morgan fingerprint density at radius 1 is 1.44 bits per heavy atom. The van der Waals surface area contributed by atoms with Crippen molar-refractivity contribution in [3.63, 3.8) is 0 Å². The lowest BCUT2D eigenvalue weighted by molar-refractivity contribution is 0.318. The molecule has 0 spiro atoms. The molecule has 1 aromatic carbocycles. The number of rotatable bonds is 5. The monoisotopic (exact) mass is 220 g/mol. The van der Waals surface area contributed by atoms with Gasteiger partial charge in [-0.15, -0.1) is 0 Å². The molecule has 4 heteroatoms. The highest BCUT2D eigenvalue weighted by atomic mass is 19.1. The third-order valence-corrected chi connectivity index (χ3v) is 1.90. The van der Waals surface area contributed by atoms with Crippen LogP contribution < -0.4 is 10.5 Å². The highest BCUT2D eigenvalue weighted by Crippen LogP contribution is 2.13. The molecular formula is C12H13FN2O. The zero-order chi connectivity index (χ0) is 11.8. The first-order valence-electron chi connectivity index (χ1n) is 4.86. The number of nitrogens with zero attached hydrogens (tertiary/aromatic N) is 1. The summed E-state index contributed by atoms with van der Waals surface area (Å²) in [6, 6.07) is 7.02. The van der Waals surface area contributed by atoms with E-state index in [0.29, 0.717) is 12.3 Å². The van der Waals surface area contributed by atoms with Crippen molar-refractivity contribution < 1.29 is 9.13 Å². The molecule has 0 fully saturated rings. The van der Waals surface area contributed by atoms with Gasteiger partial charge in [0, 0.05) is 12.1 Å². The summed E-state index contributed by atoms with van der Waals surface area (Å²) in [4.78, 5) is 3.26. The van der Waals surface area contributed by atoms with Crippen LogP contribution in [0.15, 0.2) is 36.2 Å². The molecule has 0 aliphatic heterocycles. The Balaban J connectivity index is 2.50. The molecule has 0 aliphatic rings. The molecular weight excluding hydrogens is 207 g/mol. The first-order valence-corrected chi connectivity index (χ1v) is 4.86. The summed E-state index contributed by atoms with van der Waals surface area (Å²) in [6.45, 7) is 7.11. The van der Waals surface area contributed by atoms with E-state index in [2.05, 4.69) is 4.85 Å². The van der Waals surface area contributed by atoms with Gasteiger partial charge in [-0.05, 0) is 30.3 Å². The van der Waals surface area contributed by atoms with Crippen LogP contribution in [-0.4, -0.2) is 13.2 Å². The van der Waals surface area contributed by atoms with Crippen LogP contribution in [-0.2, 0) is 6.54 Å². The minimum absolute atomic E-state index is 0.112. The van der Waals surface area contributed by atoms with Crippen LogP contribution in [0, 0.1) is 6.57 Å². The number of ether oxygens (including phenoxy) is 1. The van der Waals surface area contributed by atoms with Crippen molar-refractivity contribution in [2.75, 3.05) is 13.2 Å². The molecule has 1 aromatic rings. The van der Waals surface area contributed by atoms with Gasteiger partial charge < -0.3 is 15.3 Å². The Hall–Kier alpha value is -1.86. The van der Waals surface area contributed by atoms with Gasteiger partial charge in [-0.1, -0.05) is 0 Å². The van der Waals surface area contributed by atoms with Crippen LogP contribution in [0.4, 0.5) is 4.39 Å². The highest BCUT2D eigenvalue weighted by Gasteiger charge is 1.99. The minimum atomic E-state index is -0.382. The van der Waals surface area contributed by atoms with Gasteiger partial charge in [0.2, 0.25) is 6.54 Å². The zero-order valence-corrected chi connectivity index (χ0v) is 8.82. The third-order valence-electron chi connectivity index (χ3n) is 1.90. The van der Waals surface area contributed by atoms with Crippen molar-refractivity contribution in [2.24, 2.45) is 5.73 Å². The Morgan fingerprint density at radius 2 is 2.12 bits per heavy atom. The maximum absolute atomic E-state index is 12.9. The van der Waals surface area contributed by atoms with Gasteiger partial charge in [0.25, 0.3) is 0 Å². The predicted molar refractivity (Wildman–Crippen MR) is 60.5 cm³/mol. The molecule has 0 aromatic heterocycles. The number of halogens is 1. The summed E-state index contributed by atoms with van der Waals surface area (Å²) < 4.78 is 18.1. The lowest BCUT2D eigenvalue weighted by Gasteiger charge is -2.04. The van der Waals surface area contributed by atoms with Crippen LogP contribution >= 0.6 is 0 Å². The van der Waals surface area contributed by atoms with E-state index in [-0.39, 0.29) is 19.0 Å². The smallest absolute Gasteiger partial charge is 0.239 e. The fourth-order valence-electron chi connectivity index (χ4n) is 1.12. The van der Waals surface area contributed by atoms with Crippen LogP contribution in [0.1, 0.15) is 5.56 Å². The average molecular weight is 220 g/mol. The second kappa shape index (κ2) is 6.59. The molecule has 0 unspecified atom stereocenters. The number of benzene rings is 1. The maximum atomic E-state index is 12.9. The molecule has 0 saturated heterocycles. The molecule has 0 aliphatic carbocycles. The van der Waals surface area contributed by atoms with E-state index in [1.165, 1.54) is 6.08 Å². The van der Waals surface area contributed by atoms with E-state index < -0.39 is 0 Å². The van der Waals surface area contributed by atoms with Gasteiger partial charge in [-0.25, -0.2) is 11.0 Å². The number of hydrogen-bond donors (Lipinski definition) is 1. The van der Waals surface area contributed by atoms with E-state index in [1.54, 1.807) is 24.3 Å². The van der Waals surface area contributed by atoms with Crippen molar-refractivity contribution in [1.82, 2.24) is 0 Å². The van der Waals surface area contributed by atoms with Crippen LogP contribution in [0.2, 0.25) is 0 Å². The molecule has 3 nitrogen and oxygen atoms in total. The second-order valence-electron chi connectivity index (χ2n) is 3.14. The minimum Gasteiger partial charge on any atom is -0.487 e. The van der Waals surface area contributed by atoms with Gasteiger partial charge in [0.05, 0.1) is 0 Å². The van der Waals surface area contributed by atoms with Crippen molar-refractivity contribution in [3.05, 3.63) is 53.1 Å². The van der Waals surface area contributed by atoms with E-state index >= 15 is 0 Å². The quantitative estimate of drug-likeness (QED) is 0.773. The Bertz CT molecular complexity index is 392. The first-order chi connectivity index (χ1) is 7.76. The lowest BCUT2D eigenvalue weighted by Crippen LogP contribution is -2.01. The summed E-state index contributed by atoms with van der Waals surface area (Å²) in [5.41, 5.74) is 6.07. The van der Waals surface area contributed by atoms with E-state index in [0.717, 1.165) is 5.56 Å². The summed E-state index contributed by atoms with van der Waals surface area (Å²) in [7, 11) is 0. The third kappa shape index (κ3) is 4.11. The van der Waals surface area contributed by atoms with Crippen LogP contribution in [0.3, 0.4) is 0 Å². The summed E-state index contributed by atoms with van der Waals surface area (Å²) in [6.07, 6.45) is 1.27. The van der Waals surface area contributed by atoms with Gasteiger partial charge in [-0.2, -0.15) is 0 Å². The SMILES string of the molecule is [C-]#[N+]Cc1ccc(OC/C(F)=C\CN)cc1. The fourth-order valence-corrected chi connectivity index (χ4v) is 1.12. The summed E-state index contributed by atoms with van der Waals surface area (Å²) in [5.74, 6) is 0.196. The van der Waals surface area contributed by atoms with Crippen molar-refractivity contribution in [2.45, 2.75) is 6.54 Å². The number of nitrogens with two attached hydrogens (primary N) is 1. The van der Waals surface area contributed by atoms with Gasteiger partial charge in [0.1, 0.15) is 18.2 Å². The molecule has 1 rings (SSSR count). The largest absolute Gasteiger partial charge is 0.487 e. The molecule has 84 valence electrons. The van der Waals surface area contributed by atoms with Gasteiger partial charge in [0.15, 0.2) is 0 Å². The molecule has 0 atom stereocenters. The maximum Gasteiger partial charge on any atom is 0.239 e. The average Bonchev–Trinajstić information content (AvgIpc) is 2.29. The van der Waals surface area contributed by atoms with E-state index in [1.807, 2.05) is 0 Å². The molecule has 0 bridgehead atoms. The number of hydrogen-bond acceptors (Lipinski definition) is 2. The van der Waals surface area contributed by atoms with Gasteiger partial charge >= 0.3 is 0 Å². The molecule has 2 N–H and O–H groups in total. The fraction of sp³-hybridized carbons (Fsp3) is 0.250. The van der Waals surface area contributed by atoms with Crippen molar-refractivity contribution in [1.29, 1.82) is 0 Å². The molecule has 0 heterocycles. The second-order valence-corrected chi connectivity index (χ2v) is 3.14. The Kier molecular flexibility index (Phi) is 5.03. The summed E-state index contributed by atoms with van der Waals surface area (Å²) >= 11 is 0. The summed E-state index contributed by atoms with van der Waals surface area (Å²) in [5, 5.41) is 0. The van der Waals surface area contributed by atoms with E-state index in [9.17, 15) is 4.39 Å². The Labute approximate surface area is 94.2 Å². The van der Waals surface area contributed by atoms with Crippen LogP contribution in [0.25, 0.3) is 4.85 Å². The first kappa shape index (κ1) is 12.2. The Morgan fingerprint density at radius 3 is 2.69 bits per heavy atom. The lowest BCUT2D eigenvalue weighted by atomic mass is 10.2. The molecule has 0 radical (unpaired) electrons. The van der Waals surface area contributed by atoms with Crippen molar-refractivity contribution >= 4 is 0 Å². The molecule has 0 saturated carbocycles.